The summed E-state index contributed by atoms with van der Waals surface area (Å²) in [6, 6.07) is 6.68. The normalized spacial score (nSPS) is 19.9. The summed E-state index contributed by atoms with van der Waals surface area (Å²) in [6.07, 6.45) is 3.87. The van der Waals surface area contributed by atoms with Crippen molar-refractivity contribution < 1.29 is 28.6 Å². The number of anilines is 1. The molecule has 3 rings (SSSR count). The van der Waals surface area contributed by atoms with Crippen LogP contribution in [0, 0.1) is 0 Å². The highest BCUT2D eigenvalue weighted by molar-refractivity contribution is 5.99. The SMILES string of the molecule is COC(=O)CNC(=O)C1=CC2Oc3ccccc3N(C(=O)OC(C)(C)C)C2C=C1. The van der Waals surface area contributed by atoms with E-state index in [4.69, 9.17) is 9.47 Å². The molecule has 2 atom stereocenters. The fraction of sp³-hybridized carbons (Fsp3) is 0.381. The third-order valence-corrected chi connectivity index (χ3v) is 4.31. The number of methoxy groups -OCH3 is 1. The lowest BCUT2D eigenvalue weighted by molar-refractivity contribution is -0.140. The molecule has 0 bridgehead atoms. The van der Waals surface area contributed by atoms with Gasteiger partial charge in [-0.3, -0.25) is 14.5 Å². The zero-order chi connectivity index (χ0) is 21.2. The van der Waals surface area contributed by atoms with Gasteiger partial charge in [0, 0.05) is 5.57 Å². The van der Waals surface area contributed by atoms with Crippen molar-refractivity contribution in [2.45, 2.75) is 38.5 Å². The number of fused-ring (bicyclic) bond motifs is 2. The molecule has 1 aromatic carbocycles. The van der Waals surface area contributed by atoms with Crippen molar-refractivity contribution in [2.24, 2.45) is 0 Å². The van der Waals surface area contributed by atoms with E-state index in [1.165, 1.54) is 12.0 Å². The van der Waals surface area contributed by atoms with Crippen LogP contribution in [0.2, 0.25) is 0 Å². The van der Waals surface area contributed by atoms with Gasteiger partial charge in [-0.05, 0) is 39.0 Å². The predicted octanol–water partition coefficient (Wildman–Crippen LogP) is 2.34. The summed E-state index contributed by atoms with van der Waals surface area (Å²) >= 11 is 0. The lowest BCUT2D eigenvalue weighted by Crippen LogP contribution is -2.53. The second-order valence-electron chi connectivity index (χ2n) is 7.63. The van der Waals surface area contributed by atoms with Crippen molar-refractivity contribution in [3.05, 3.63) is 48.1 Å². The van der Waals surface area contributed by atoms with E-state index in [1.807, 2.05) is 6.07 Å². The molecule has 1 N–H and O–H groups in total. The van der Waals surface area contributed by atoms with Crippen LogP contribution in [0.3, 0.4) is 0 Å². The number of hydrogen-bond acceptors (Lipinski definition) is 6. The van der Waals surface area contributed by atoms with Crippen LogP contribution in [0.1, 0.15) is 20.8 Å². The van der Waals surface area contributed by atoms with E-state index in [9.17, 15) is 14.4 Å². The Hall–Kier alpha value is -3.29. The van der Waals surface area contributed by atoms with Gasteiger partial charge in [-0.2, -0.15) is 0 Å². The predicted molar refractivity (Wildman–Crippen MR) is 106 cm³/mol. The van der Waals surface area contributed by atoms with E-state index < -0.39 is 35.7 Å². The zero-order valence-corrected chi connectivity index (χ0v) is 16.8. The van der Waals surface area contributed by atoms with E-state index in [-0.39, 0.29) is 6.54 Å². The summed E-state index contributed by atoms with van der Waals surface area (Å²) in [7, 11) is 1.25. The van der Waals surface area contributed by atoms with Gasteiger partial charge in [0.05, 0.1) is 18.8 Å². The molecular formula is C21H24N2O6. The molecule has 0 saturated carbocycles. The highest BCUT2D eigenvalue weighted by Crippen LogP contribution is 2.39. The number of nitrogens with one attached hydrogen (secondary N) is 1. The standard InChI is InChI=1S/C21H24N2O6/c1-21(2,3)29-20(26)23-14-7-5-6-8-16(14)28-17-11-13(9-10-15(17)23)19(25)22-12-18(24)27-4/h5-11,15,17H,12H2,1-4H3,(H,22,25). The molecule has 154 valence electrons. The number of amides is 2. The second kappa shape index (κ2) is 7.98. The van der Waals surface area contributed by atoms with Gasteiger partial charge in [-0.15, -0.1) is 0 Å². The van der Waals surface area contributed by atoms with Crippen LogP contribution < -0.4 is 15.0 Å². The average Bonchev–Trinajstić information content (AvgIpc) is 2.67. The first-order chi connectivity index (χ1) is 13.7. The van der Waals surface area contributed by atoms with E-state index >= 15 is 0 Å². The number of nitrogens with zero attached hydrogens (tertiary/aromatic N) is 1. The molecule has 0 fully saturated rings. The minimum Gasteiger partial charge on any atom is -0.482 e. The number of benzene rings is 1. The smallest absolute Gasteiger partial charge is 0.415 e. The third kappa shape index (κ3) is 4.59. The third-order valence-electron chi connectivity index (χ3n) is 4.31. The molecule has 2 amide bonds. The summed E-state index contributed by atoms with van der Waals surface area (Å²) in [5.41, 5.74) is 0.269. The molecule has 2 aliphatic rings. The Labute approximate surface area is 169 Å². The Morgan fingerprint density at radius 1 is 1.21 bits per heavy atom. The fourth-order valence-electron chi connectivity index (χ4n) is 3.05. The molecule has 0 spiro atoms. The molecule has 0 radical (unpaired) electrons. The van der Waals surface area contributed by atoms with Crippen LogP contribution in [-0.4, -0.2) is 49.4 Å². The molecule has 29 heavy (non-hydrogen) atoms. The Bertz CT molecular complexity index is 883. The number of hydrogen-bond donors (Lipinski definition) is 1. The van der Waals surface area contributed by atoms with Crippen molar-refractivity contribution in [1.82, 2.24) is 5.32 Å². The van der Waals surface area contributed by atoms with E-state index in [0.29, 0.717) is 17.0 Å². The highest BCUT2D eigenvalue weighted by atomic mass is 16.6. The van der Waals surface area contributed by atoms with Gasteiger partial charge in [0.25, 0.3) is 5.91 Å². The summed E-state index contributed by atoms with van der Waals surface area (Å²) in [5, 5.41) is 2.49. The number of carbonyl (C=O) groups excluding carboxylic acids is 3. The first-order valence-electron chi connectivity index (χ1n) is 9.22. The lowest BCUT2D eigenvalue weighted by atomic mass is 9.96. The molecule has 1 aromatic rings. The summed E-state index contributed by atoms with van der Waals surface area (Å²) in [4.78, 5) is 38.0. The van der Waals surface area contributed by atoms with Gasteiger partial charge in [-0.1, -0.05) is 24.3 Å². The van der Waals surface area contributed by atoms with Crippen LogP contribution in [0.25, 0.3) is 0 Å². The largest absolute Gasteiger partial charge is 0.482 e. The number of rotatable bonds is 3. The molecule has 8 heteroatoms. The van der Waals surface area contributed by atoms with E-state index in [1.54, 1.807) is 57.2 Å². The summed E-state index contributed by atoms with van der Waals surface area (Å²) < 4.78 is 16.1. The van der Waals surface area contributed by atoms with Crippen LogP contribution in [0.4, 0.5) is 10.5 Å². The Balaban J connectivity index is 1.86. The molecule has 0 saturated heterocycles. The number of carbonyl (C=O) groups is 3. The Morgan fingerprint density at radius 2 is 1.93 bits per heavy atom. The van der Waals surface area contributed by atoms with Crippen molar-refractivity contribution in [3.8, 4) is 5.75 Å². The van der Waals surface area contributed by atoms with Gasteiger partial charge >= 0.3 is 12.1 Å². The minimum atomic E-state index is -0.660. The Kier molecular flexibility index (Phi) is 5.63. The van der Waals surface area contributed by atoms with Gasteiger partial charge < -0.3 is 19.5 Å². The number of esters is 1. The number of ether oxygens (including phenoxy) is 3. The van der Waals surface area contributed by atoms with Crippen molar-refractivity contribution in [1.29, 1.82) is 0 Å². The maximum absolute atomic E-state index is 12.9. The summed E-state index contributed by atoms with van der Waals surface area (Å²) in [6.45, 7) is 5.17. The molecule has 1 heterocycles. The van der Waals surface area contributed by atoms with E-state index in [2.05, 4.69) is 10.1 Å². The van der Waals surface area contributed by atoms with E-state index in [0.717, 1.165) is 0 Å². The lowest BCUT2D eigenvalue weighted by Gasteiger charge is -2.41. The molecular weight excluding hydrogens is 376 g/mol. The van der Waals surface area contributed by atoms with Crippen LogP contribution in [0.15, 0.2) is 48.1 Å². The van der Waals surface area contributed by atoms with Crippen molar-refractivity contribution >= 4 is 23.7 Å². The quantitative estimate of drug-likeness (QED) is 0.783. The maximum Gasteiger partial charge on any atom is 0.415 e. The first-order valence-corrected chi connectivity index (χ1v) is 9.22. The van der Waals surface area contributed by atoms with Gasteiger partial charge in [0.1, 0.15) is 24.0 Å². The van der Waals surface area contributed by atoms with Crippen LogP contribution in [0.5, 0.6) is 5.75 Å². The summed E-state index contributed by atoms with van der Waals surface area (Å²) in [5.74, 6) is -0.465. The topological polar surface area (TPSA) is 94.2 Å². The second-order valence-corrected chi connectivity index (χ2v) is 7.63. The first kappa shape index (κ1) is 20.4. The van der Waals surface area contributed by atoms with Crippen LogP contribution in [-0.2, 0) is 19.1 Å². The number of para-hydroxylation sites is 2. The monoisotopic (exact) mass is 400 g/mol. The average molecular weight is 400 g/mol. The molecule has 8 nitrogen and oxygen atoms in total. The van der Waals surface area contributed by atoms with Crippen molar-refractivity contribution in [2.75, 3.05) is 18.6 Å². The van der Waals surface area contributed by atoms with Gasteiger partial charge in [-0.25, -0.2) is 4.79 Å². The molecule has 2 unspecified atom stereocenters. The molecule has 1 aliphatic carbocycles. The van der Waals surface area contributed by atoms with Crippen molar-refractivity contribution in [3.63, 3.8) is 0 Å². The van der Waals surface area contributed by atoms with Gasteiger partial charge in [0.2, 0.25) is 0 Å². The minimum absolute atomic E-state index is 0.234. The zero-order valence-electron chi connectivity index (χ0n) is 16.8. The van der Waals surface area contributed by atoms with Crippen LogP contribution >= 0.6 is 0 Å². The molecule has 0 aromatic heterocycles. The van der Waals surface area contributed by atoms with Gasteiger partial charge in [0.15, 0.2) is 0 Å². The molecule has 1 aliphatic heterocycles. The Morgan fingerprint density at radius 3 is 2.62 bits per heavy atom. The highest BCUT2D eigenvalue weighted by Gasteiger charge is 2.40. The fourth-order valence-corrected chi connectivity index (χ4v) is 3.05. The maximum atomic E-state index is 12.9.